The number of nitro groups is 1. The Morgan fingerprint density at radius 1 is 1.15 bits per heavy atom. The maximum Gasteiger partial charge on any atom is 0.311 e. The van der Waals surface area contributed by atoms with Crippen LogP contribution in [0.1, 0.15) is 26.3 Å². The largest absolute Gasteiger partial charge is 0.490 e. The molecule has 2 amide bonds. The van der Waals surface area contributed by atoms with Gasteiger partial charge in [-0.05, 0) is 36.6 Å². The number of hydrogen-bond donors (Lipinski definition) is 1. The van der Waals surface area contributed by atoms with E-state index in [0.29, 0.717) is 6.54 Å². The zero-order chi connectivity index (χ0) is 24.5. The number of benzene rings is 2. The topological polar surface area (TPSA) is 111 Å². The van der Waals surface area contributed by atoms with Crippen molar-refractivity contribution in [1.82, 2.24) is 10.2 Å². The first-order valence-corrected chi connectivity index (χ1v) is 11.2. The fourth-order valence-electron chi connectivity index (χ4n) is 2.95. The Morgan fingerprint density at radius 3 is 2.39 bits per heavy atom. The summed E-state index contributed by atoms with van der Waals surface area (Å²) in [5.41, 5.74) is 0.649. The normalized spacial score (nSPS) is 11.6. The molecule has 2 aromatic carbocycles. The lowest BCUT2D eigenvalue weighted by molar-refractivity contribution is -0.385. The molecule has 0 aliphatic carbocycles. The molecule has 178 valence electrons. The summed E-state index contributed by atoms with van der Waals surface area (Å²) in [6.07, 6.45) is 0. The van der Waals surface area contributed by atoms with Crippen molar-refractivity contribution in [3.05, 3.63) is 62.6 Å². The molecule has 9 nitrogen and oxygen atoms in total. The van der Waals surface area contributed by atoms with Crippen molar-refractivity contribution in [2.24, 2.45) is 5.92 Å². The van der Waals surface area contributed by atoms with Gasteiger partial charge in [-0.1, -0.05) is 41.9 Å². The number of nitrogens with one attached hydrogen (secondary N) is 1. The van der Waals surface area contributed by atoms with Crippen molar-refractivity contribution in [1.29, 1.82) is 0 Å². The minimum Gasteiger partial charge on any atom is -0.490 e. The lowest BCUT2D eigenvalue weighted by atomic mass is 10.1. The van der Waals surface area contributed by atoms with Crippen LogP contribution in [0.15, 0.2) is 46.9 Å². The number of carbonyl (C=O) groups is 2. The quantitative estimate of drug-likeness (QED) is 0.354. The molecule has 0 bridgehead atoms. The molecule has 2 rings (SSSR count). The lowest BCUT2D eigenvalue weighted by Gasteiger charge is -2.29. The maximum atomic E-state index is 13.1. The molecule has 0 spiro atoms. The minimum absolute atomic E-state index is 0.0260. The molecule has 1 N–H and O–H groups in total. The zero-order valence-electron chi connectivity index (χ0n) is 19.0. The number of carbonyl (C=O) groups excluding carboxylic acids is 2. The first kappa shape index (κ1) is 26.1. The third kappa shape index (κ3) is 7.74. The summed E-state index contributed by atoms with van der Waals surface area (Å²) >= 11 is 3.39. The van der Waals surface area contributed by atoms with Gasteiger partial charge in [-0.2, -0.15) is 0 Å². The van der Waals surface area contributed by atoms with E-state index in [2.05, 4.69) is 21.2 Å². The molecule has 0 heterocycles. The van der Waals surface area contributed by atoms with Gasteiger partial charge in [0.25, 0.3) is 5.91 Å². The van der Waals surface area contributed by atoms with Crippen molar-refractivity contribution in [3.8, 4) is 11.5 Å². The van der Waals surface area contributed by atoms with E-state index in [1.165, 1.54) is 30.2 Å². The van der Waals surface area contributed by atoms with Gasteiger partial charge in [0, 0.05) is 29.7 Å². The number of amides is 2. The van der Waals surface area contributed by atoms with Gasteiger partial charge < -0.3 is 19.7 Å². The Hall–Kier alpha value is -3.14. The maximum absolute atomic E-state index is 13.1. The van der Waals surface area contributed by atoms with E-state index in [4.69, 9.17) is 9.47 Å². The van der Waals surface area contributed by atoms with Gasteiger partial charge in [-0.25, -0.2) is 0 Å². The number of methoxy groups -OCH3 is 1. The number of hydrogen-bond acceptors (Lipinski definition) is 6. The highest BCUT2D eigenvalue weighted by Gasteiger charge is 2.27. The van der Waals surface area contributed by atoms with Crippen LogP contribution in [-0.2, 0) is 16.1 Å². The minimum atomic E-state index is -0.727. The van der Waals surface area contributed by atoms with Gasteiger partial charge in [-0.15, -0.1) is 0 Å². The van der Waals surface area contributed by atoms with Crippen LogP contribution in [0.5, 0.6) is 11.5 Å². The predicted molar refractivity (Wildman–Crippen MR) is 127 cm³/mol. The smallest absolute Gasteiger partial charge is 0.311 e. The van der Waals surface area contributed by atoms with Gasteiger partial charge in [0.2, 0.25) is 11.7 Å². The average molecular weight is 522 g/mol. The van der Waals surface area contributed by atoms with Crippen molar-refractivity contribution in [2.75, 3.05) is 20.3 Å². The summed E-state index contributed by atoms with van der Waals surface area (Å²) in [6.45, 7) is 6.02. The van der Waals surface area contributed by atoms with Crippen molar-refractivity contribution < 1.29 is 24.0 Å². The molecule has 0 fully saturated rings. The molecule has 0 saturated heterocycles. The van der Waals surface area contributed by atoms with Crippen molar-refractivity contribution >= 4 is 33.4 Å². The van der Waals surface area contributed by atoms with E-state index in [9.17, 15) is 19.7 Å². The third-order valence-corrected chi connectivity index (χ3v) is 5.36. The molecule has 0 aliphatic heterocycles. The van der Waals surface area contributed by atoms with Crippen LogP contribution >= 0.6 is 15.9 Å². The van der Waals surface area contributed by atoms with Crippen LogP contribution < -0.4 is 14.8 Å². The number of halogens is 1. The number of nitrogens with zero attached hydrogens (tertiary/aromatic N) is 2. The number of rotatable bonds is 11. The second-order valence-electron chi connectivity index (χ2n) is 7.84. The second kappa shape index (κ2) is 12.2. The first-order chi connectivity index (χ1) is 15.6. The summed E-state index contributed by atoms with van der Waals surface area (Å²) in [6, 6.07) is 10.7. The summed E-state index contributed by atoms with van der Waals surface area (Å²) in [5, 5.41) is 13.9. The van der Waals surface area contributed by atoms with Gasteiger partial charge in [0.15, 0.2) is 6.61 Å². The molecule has 10 heteroatoms. The van der Waals surface area contributed by atoms with E-state index < -0.39 is 16.9 Å². The molecule has 0 radical (unpaired) electrons. The third-order valence-electron chi connectivity index (χ3n) is 4.83. The standard InChI is InChI=1S/C23H28BrN3O6/c1-15(2)12-25-23(29)16(3)26(13-17-5-7-18(24)8-6-17)22(28)14-33-19-9-10-20(27(30)31)21(11-19)32-4/h5-11,15-16H,12-14H2,1-4H3,(H,25,29)/t16-/m0/s1. The molecular formula is C23H28BrN3O6. The predicted octanol–water partition coefficient (Wildman–Crippen LogP) is 3.93. The monoisotopic (exact) mass is 521 g/mol. The highest BCUT2D eigenvalue weighted by Crippen LogP contribution is 2.30. The molecular weight excluding hydrogens is 494 g/mol. The molecule has 1 atom stereocenters. The summed E-state index contributed by atoms with van der Waals surface area (Å²) in [7, 11) is 1.31. The van der Waals surface area contributed by atoms with Gasteiger partial charge in [-0.3, -0.25) is 19.7 Å². The van der Waals surface area contributed by atoms with E-state index >= 15 is 0 Å². The summed E-state index contributed by atoms with van der Waals surface area (Å²) < 4.78 is 11.5. The van der Waals surface area contributed by atoms with E-state index in [1.54, 1.807) is 6.92 Å². The van der Waals surface area contributed by atoms with Crippen LogP contribution in [0, 0.1) is 16.0 Å². The van der Waals surface area contributed by atoms with Crippen molar-refractivity contribution in [2.45, 2.75) is 33.4 Å². The fourth-order valence-corrected chi connectivity index (χ4v) is 3.21. The van der Waals surface area contributed by atoms with Gasteiger partial charge in [0.1, 0.15) is 11.8 Å². The Morgan fingerprint density at radius 2 is 1.82 bits per heavy atom. The molecule has 2 aromatic rings. The van der Waals surface area contributed by atoms with E-state index in [-0.39, 0.29) is 42.2 Å². The van der Waals surface area contributed by atoms with Crippen LogP contribution in [0.3, 0.4) is 0 Å². The summed E-state index contributed by atoms with van der Waals surface area (Å²) in [5.74, 6) is -0.116. The zero-order valence-corrected chi connectivity index (χ0v) is 20.6. The van der Waals surface area contributed by atoms with Crippen LogP contribution in [0.2, 0.25) is 0 Å². The Balaban J connectivity index is 2.17. The molecule has 33 heavy (non-hydrogen) atoms. The van der Waals surface area contributed by atoms with Gasteiger partial charge >= 0.3 is 5.69 Å². The summed E-state index contributed by atoms with van der Waals surface area (Å²) in [4.78, 5) is 37.7. The number of ether oxygens (including phenoxy) is 2. The molecule has 0 aromatic heterocycles. The van der Waals surface area contributed by atoms with Gasteiger partial charge in [0.05, 0.1) is 12.0 Å². The lowest BCUT2D eigenvalue weighted by Crippen LogP contribution is -2.49. The fraction of sp³-hybridized carbons (Fsp3) is 0.391. The SMILES string of the molecule is COc1cc(OCC(=O)N(Cc2ccc(Br)cc2)[C@@H](C)C(=O)NCC(C)C)ccc1[N+](=O)[O-]. The molecule has 0 unspecified atom stereocenters. The van der Waals surface area contributed by atoms with Crippen LogP contribution in [-0.4, -0.2) is 47.9 Å². The molecule has 0 aliphatic rings. The second-order valence-corrected chi connectivity index (χ2v) is 8.76. The average Bonchev–Trinajstić information content (AvgIpc) is 2.79. The Labute approximate surface area is 201 Å². The van der Waals surface area contributed by atoms with Crippen molar-refractivity contribution in [3.63, 3.8) is 0 Å². The van der Waals surface area contributed by atoms with Crippen LogP contribution in [0.4, 0.5) is 5.69 Å². The van der Waals surface area contributed by atoms with Crippen LogP contribution in [0.25, 0.3) is 0 Å². The Bertz CT molecular complexity index is 981. The highest BCUT2D eigenvalue weighted by atomic mass is 79.9. The molecule has 0 saturated carbocycles. The Kier molecular flexibility index (Phi) is 9.65. The van der Waals surface area contributed by atoms with E-state index in [0.717, 1.165) is 10.0 Å². The number of nitro benzene ring substituents is 1. The highest BCUT2D eigenvalue weighted by molar-refractivity contribution is 9.10. The first-order valence-electron chi connectivity index (χ1n) is 10.4. The van der Waals surface area contributed by atoms with E-state index in [1.807, 2.05) is 38.1 Å².